The standard InChI is InChI=1S/C30H47F/c1-2-3-4-5-8-26-16-20-29(21-17-26)30-22-18-28(19-23-30)15-14-27-12-10-25(11-13-27)9-6-7-24-31/h7,16-17,20-21,24-25,27-28,30H,2-6,8-15,18-19,22-23H2,1H3/b24-7+/t25-,27-,28-,30-. The molecule has 3 rings (SSSR count). The summed E-state index contributed by atoms with van der Waals surface area (Å²) in [6.45, 7) is 2.28. The molecule has 0 heterocycles. The van der Waals surface area contributed by atoms with Crippen LogP contribution in [0.3, 0.4) is 0 Å². The number of benzene rings is 1. The Kier molecular flexibility index (Phi) is 11.2. The van der Waals surface area contributed by atoms with Gasteiger partial charge in [0, 0.05) is 0 Å². The molecule has 0 N–H and O–H groups in total. The van der Waals surface area contributed by atoms with Crippen molar-refractivity contribution in [2.75, 3.05) is 0 Å². The highest BCUT2D eigenvalue weighted by molar-refractivity contribution is 5.26. The Morgan fingerprint density at radius 1 is 0.742 bits per heavy atom. The van der Waals surface area contributed by atoms with Crippen LogP contribution in [0.1, 0.15) is 127 Å². The van der Waals surface area contributed by atoms with Crippen molar-refractivity contribution < 1.29 is 4.39 Å². The largest absolute Gasteiger partial charge is 0.216 e. The summed E-state index contributed by atoms with van der Waals surface area (Å²) in [7, 11) is 0. The molecule has 0 atom stereocenters. The lowest BCUT2D eigenvalue weighted by molar-refractivity contribution is 0.225. The third kappa shape index (κ3) is 8.74. The Labute approximate surface area is 192 Å². The maximum Gasteiger partial charge on any atom is 0.0827 e. The number of halogens is 1. The summed E-state index contributed by atoms with van der Waals surface area (Å²) < 4.78 is 12.1. The minimum atomic E-state index is 0.713. The average molecular weight is 427 g/mol. The van der Waals surface area contributed by atoms with Crippen molar-refractivity contribution in [2.45, 2.75) is 122 Å². The number of hydrogen-bond acceptors (Lipinski definition) is 0. The van der Waals surface area contributed by atoms with Crippen LogP contribution in [0.15, 0.2) is 36.7 Å². The van der Waals surface area contributed by atoms with E-state index in [2.05, 4.69) is 31.2 Å². The number of aryl methyl sites for hydroxylation is 1. The lowest BCUT2D eigenvalue weighted by Gasteiger charge is -2.32. The summed E-state index contributed by atoms with van der Waals surface area (Å²) >= 11 is 0. The SMILES string of the molecule is CCCCCCc1ccc([C@H]2CC[C@H](CC[C@H]3CC[C@H](CC/C=C/F)CC3)CC2)cc1. The Hall–Kier alpha value is -1.11. The first-order chi connectivity index (χ1) is 15.3. The van der Waals surface area contributed by atoms with Crippen LogP contribution < -0.4 is 0 Å². The monoisotopic (exact) mass is 426 g/mol. The molecule has 0 amide bonds. The van der Waals surface area contributed by atoms with Crippen molar-refractivity contribution in [3.8, 4) is 0 Å². The highest BCUT2D eigenvalue weighted by Crippen LogP contribution is 2.40. The molecule has 0 nitrogen and oxygen atoms in total. The van der Waals surface area contributed by atoms with E-state index >= 15 is 0 Å². The molecule has 2 fully saturated rings. The van der Waals surface area contributed by atoms with Gasteiger partial charge in [-0.1, -0.05) is 95.1 Å². The van der Waals surface area contributed by atoms with Crippen LogP contribution in [0.5, 0.6) is 0 Å². The molecular formula is C30H47F. The fraction of sp³-hybridized carbons (Fsp3) is 0.733. The summed E-state index contributed by atoms with van der Waals surface area (Å²) in [5.41, 5.74) is 3.12. The van der Waals surface area contributed by atoms with E-state index in [1.54, 1.807) is 11.6 Å². The van der Waals surface area contributed by atoms with Crippen LogP contribution in [0, 0.1) is 17.8 Å². The molecule has 2 saturated carbocycles. The van der Waals surface area contributed by atoms with E-state index in [0.29, 0.717) is 6.33 Å². The van der Waals surface area contributed by atoms with Gasteiger partial charge in [-0.25, -0.2) is 4.39 Å². The molecule has 0 aromatic heterocycles. The van der Waals surface area contributed by atoms with Crippen molar-refractivity contribution in [1.82, 2.24) is 0 Å². The van der Waals surface area contributed by atoms with Gasteiger partial charge in [0.15, 0.2) is 0 Å². The van der Waals surface area contributed by atoms with Crippen LogP contribution in [0.25, 0.3) is 0 Å². The molecule has 31 heavy (non-hydrogen) atoms. The maximum absolute atomic E-state index is 12.1. The lowest BCUT2D eigenvalue weighted by atomic mass is 9.74. The van der Waals surface area contributed by atoms with Gasteiger partial charge in [-0.15, -0.1) is 0 Å². The molecule has 0 spiro atoms. The Balaban J connectivity index is 1.29. The van der Waals surface area contributed by atoms with Gasteiger partial charge in [0.05, 0.1) is 6.33 Å². The molecule has 1 aromatic carbocycles. The molecule has 174 valence electrons. The second-order valence-corrected chi connectivity index (χ2v) is 10.7. The lowest BCUT2D eigenvalue weighted by Crippen LogP contribution is -2.17. The highest BCUT2D eigenvalue weighted by Gasteiger charge is 2.25. The van der Waals surface area contributed by atoms with Gasteiger partial charge in [-0.3, -0.25) is 0 Å². The molecule has 0 bridgehead atoms. The molecule has 0 saturated heterocycles. The van der Waals surface area contributed by atoms with E-state index < -0.39 is 0 Å². The van der Waals surface area contributed by atoms with Crippen molar-refractivity contribution in [3.63, 3.8) is 0 Å². The topological polar surface area (TPSA) is 0 Å². The summed E-state index contributed by atoms with van der Waals surface area (Å²) in [4.78, 5) is 0. The van der Waals surface area contributed by atoms with Gasteiger partial charge in [0.1, 0.15) is 0 Å². The summed E-state index contributed by atoms with van der Waals surface area (Å²) in [6.07, 6.45) is 25.4. The zero-order valence-corrected chi connectivity index (χ0v) is 20.2. The third-order valence-corrected chi connectivity index (χ3v) is 8.40. The molecule has 1 heteroatoms. The fourth-order valence-corrected chi connectivity index (χ4v) is 6.17. The molecule has 0 radical (unpaired) electrons. The predicted octanol–water partition coefficient (Wildman–Crippen LogP) is 9.93. The van der Waals surface area contributed by atoms with E-state index in [9.17, 15) is 4.39 Å². The van der Waals surface area contributed by atoms with E-state index in [0.717, 1.165) is 30.1 Å². The minimum Gasteiger partial charge on any atom is -0.216 e. The number of rotatable bonds is 12. The van der Waals surface area contributed by atoms with Gasteiger partial charge in [-0.05, 0) is 86.2 Å². The highest BCUT2D eigenvalue weighted by atomic mass is 19.1. The normalized spacial score (nSPS) is 27.0. The summed E-state index contributed by atoms with van der Waals surface area (Å²) in [5, 5.41) is 0. The molecule has 2 aliphatic rings. The van der Waals surface area contributed by atoms with E-state index in [-0.39, 0.29) is 0 Å². The van der Waals surface area contributed by atoms with Crippen molar-refractivity contribution >= 4 is 0 Å². The van der Waals surface area contributed by atoms with Crippen molar-refractivity contribution in [1.29, 1.82) is 0 Å². The molecule has 2 aliphatic carbocycles. The first kappa shape index (κ1) is 24.5. The second kappa shape index (κ2) is 14.1. The smallest absolute Gasteiger partial charge is 0.0827 e. The predicted molar refractivity (Wildman–Crippen MR) is 133 cm³/mol. The van der Waals surface area contributed by atoms with Crippen LogP contribution in [0.4, 0.5) is 4.39 Å². The van der Waals surface area contributed by atoms with Crippen LogP contribution in [-0.2, 0) is 6.42 Å². The summed E-state index contributed by atoms with van der Waals surface area (Å²) in [5.74, 6) is 3.60. The van der Waals surface area contributed by atoms with Crippen LogP contribution in [-0.4, -0.2) is 0 Å². The van der Waals surface area contributed by atoms with Crippen molar-refractivity contribution in [3.05, 3.63) is 47.8 Å². The zero-order valence-electron chi connectivity index (χ0n) is 20.2. The minimum absolute atomic E-state index is 0.713. The van der Waals surface area contributed by atoms with E-state index in [1.807, 2.05) is 0 Å². The quantitative estimate of drug-likeness (QED) is 0.292. The zero-order chi connectivity index (χ0) is 21.7. The van der Waals surface area contributed by atoms with Gasteiger partial charge in [0.25, 0.3) is 0 Å². The maximum atomic E-state index is 12.1. The van der Waals surface area contributed by atoms with Gasteiger partial charge < -0.3 is 0 Å². The Morgan fingerprint density at radius 3 is 1.90 bits per heavy atom. The molecular weight excluding hydrogens is 379 g/mol. The summed E-state index contributed by atoms with van der Waals surface area (Å²) in [6, 6.07) is 9.67. The third-order valence-electron chi connectivity index (χ3n) is 8.40. The average Bonchev–Trinajstić information content (AvgIpc) is 2.82. The fourth-order valence-electron chi connectivity index (χ4n) is 6.17. The van der Waals surface area contributed by atoms with Gasteiger partial charge in [0.2, 0.25) is 0 Å². The number of allylic oxidation sites excluding steroid dienone is 1. The molecule has 0 unspecified atom stereocenters. The Morgan fingerprint density at radius 2 is 1.32 bits per heavy atom. The van der Waals surface area contributed by atoms with E-state index in [1.165, 1.54) is 108 Å². The van der Waals surface area contributed by atoms with Crippen LogP contribution >= 0.6 is 0 Å². The molecule has 0 aliphatic heterocycles. The van der Waals surface area contributed by atoms with Gasteiger partial charge in [-0.2, -0.15) is 0 Å². The van der Waals surface area contributed by atoms with E-state index in [4.69, 9.17) is 0 Å². The second-order valence-electron chi connectivity index (χ2n) is 10.7. The number of unbranched alkanes of at least 4 members (excludes halogenated alkanes) is 3. The molecule has 1 aromatic rings. The van der Waals surface area contributed by atoms with Crippen LogP contribution in [0.2, 0.25) is 0 Å². The van der Waals surface area contributed by atoms with Gasteiger partial charge >= 0.3 is 0 Å². The Bertz CT molecular complexity index is 600. The first-order valence-electron chi connectivity index (χ1n) is 13.6. The number of hydrogen-bond donors (Lipinski definition) is 0. The first-order valence-corrected chi connectivity index (χ1v) is 13.6. The van der Waals surface area contributed by atoms with Crippen molar-refractivity contribution in [2.24, 2.45) is 17.8 Å².